The summed E-state index contributed by atoms with van der Waals surface area (Å²) in [5.74, 6) is -2.00. The van der Waals surface area contributed by atoms with E-state index in [0.29, 0.717) is 17.0 Å². The molecule has 0 fully saturated rings. The molecule has 0 unspecified atom stereocenters. The monoisotopic (exact) mass is 352 g/mol. The number of benzene rings is 2. The molecule has 8 heteroatoms. The number of carbonyl (C=O) groups is 2. The fraction of sp³-hybridized carbons (Fsp3) is 0.176. The summed E-state index contributed by atoms with van der Waals surface area (Å²) in [5.41, 5.74) is 0.639. The first-order valence-corrected chi connectivity index (χ1v) is 7.27. The van der Waals surface area contributed by atoms with E-state index in [1.807, 2.05) is 0 Å². The normalized spacial score (nSPS) is 10.8. The molecule has 0 aliphatic carbocycles. The molecular weight excluding hydrogens is 337 g/mol. The maximum absolute atomic E-state index is 12.2. The number of ether oxygens (including phenoxy) is 1. The van der Waals surface area contributed by atoms with Crippen LogP contribution in [0.1, 0.15) is 5.56 Å². The van der Waals surface area contributed by atoms with Crippen molar-refractivity contribution < 1.29 is 27.5 Å². The minimum Gasteiger partial charge on any atom is -0.484 e. The van der Waals surface area contributed by atoms with Gasteiger partial charge in [-0.05, 0) is 23.8 Å². The van der Waals surface area contributed by atoms with E-state index in [0.717, 1.165) is 0 Å². The van der Waals surface area contributed by atoms with Gasteiger partial charge in [-0.15, -0.1) is 0 Å². The molecule has 0 aliphatic rings. The smallest absolute Gasteiger partial charge is 0.471 e. The van der Waals surface area contributed by atoms with E-state index in [1.165, 1.54) is 12.1 Å². The fourth-order valence-electron chi connectivity index (χ4n) is 1.92. The van der Waals surface area contributed by atoms with Crippen LogP contribution in [0.3, 0.4) is 0 Å². The Bertz CT molecular complexity index is 733. The van der Waals surface area contributed by atoms with Crippen LogP contribution < -0.4 is 15.4 Å². The van der Waals surface area contributed by atoms with Crippen LogP contribution in [0.2, 0.25) is 0 Å². The van der Waals surface area contributed by atoms with Gasteiger partial charge in [0.05, 0.1) is 0 Å². The lowest BCUT2D eigenvalue weighted by atomic mass is 10.1. The number of hydrogen-bond acceptors (Lipinski definition) is 3. The Kier molecular flexibility index (Phi) is 5.99. The lowest BCUT2D eigenvalue weighted by Gasteiger charge is -2.13. The van der Waals surface area contributed by atoms with Crippen LogP contribution in [0.15, 0.2) is 54.6 Å². The Morgan fingerprint density at radius 3 is 2.28 bits per heavy atom. The molecule has 0 heterocycles. The molecule has 0 radical (unpaired) electrons. The second-order valence-electron chi connectivity index (χ2n) is 4.99. The number of rotatable bonds is 6. The molecular formula is C17H15F3N2O3. The molecule has 2 amide bonds. The highest BCUT2D eigenvalue weighted by atomic mass is 19.4. The summed E-state index contributed by atoms with van der Waals surface area (Å²) in [7, 11) is 0. The van der Waals surface area contributed by atoms with Gasteiger partial charge in [-0.3, -0.25) is 9.59 Å². The lowest BCUT2D eigenvalue weighted by molar-refractivity contribution is -0.173. The SMILES string of the molecule is O=C(COc1ccccc1)Nc1ccccc1CNC(=O)C(F)(F)F. The first kappa shape index (κ1) is 18.3. The number of carbonyl (C=O) groups excluding carboxylic acids is 2. The van der Waals surface area contributed by atoms with Crippen molar-refractivity contribution in [2.24, 2.45) is 0 Å². The van der Waals surface area contributed by atoms with Crippen LogP contribution in [-0.2, 0) is 16.1 Å². The van der Waals surface area contributed by atoms with E-state index in [1.54, 1.807) is 47.8 Å². The van der Waals surface area contributed by atoms with Crippen LogP contribution in [0, 0.1) is 0 Å². The number of alkyl halides is 3. The van der Waals surface area contributed by atoms with Crippen LogP contribution in [0.25, 0.3) is 0 Å². The van der Waals surface area contributed by atoms with Crippen molar-refractivity contribution in [3.63, 3.8) is 0 Å². The second kappa shape index (κ2) is 8.18. The zero-order valence-corrected chi connectivity index (χ0v) is 13.0. The highest BCUT2D eigenvalue weighted by Gasteiger charge is 2.38. The lowest BCUT2D eigenvalue weighted by Crippen LogP contribution is -2.36. The number of anilines is 1. The molecule has 2 aromatic carbocycles. The summed E-state index contributed by atoms with van der Waals surface area (Å²) in [6.45, 7) is -0.623. The predicted octanol–water partition coefficient (Wildman–Crippen LogP) is 2.88. The summed E-state index contributed by atoms with van der Waals surface area (Å²) in [6.07, 6.45) is -4.96. The second-order valence-corrected chi connectivity index (χ2v) is 4.99. The molecule has 2 rings (SSSR count). The van der Waals surface area contributed by atoms with Gasteiger partial charge in [-0.1, -0.05) is 36.4 Å². The summed E-state index contributed by atoms with van der Waals surface area (Å²) in [4.78, 5) is 22.8. The third-order valence-corrected chi connectivity index (χ3v) is 3.10. The highest BCUT2D eigenvalue weighted by Crippen LogP contribution is 2.18. The number of halogens is 3. The third kappa shape index (κ3) is 5.83. The molecule has 0 spiro atoms. The van der Waals surface area contributed by atoms with Crippen LogP contribution in [0.4, 0.5) is 18.9 Å². The molecule has 0 saturated heterocycles. The number of hydrogen-bond donors (Lipinski definition) is 2. The van der Waals surface area contributed by atoms with Crippen molar-refractivity contribution in [2.45, 2.75) is 12.7 Å². The van der Waals surface area contributed by atoms with Gasteiger partial charge >= 0.3 is 12.1 Å². The van der Waals surface area contributed by atoms with E-state index < -0.39 is 18.0 Å². The fourth-order valence-corrected chi connectivity index (χ4v) is 1.92. The van der Waals surface area contributed by atoms with Crippen molar-refractivity contribution in [2.75, 3.05) is 11.9 Å². The molecule has 2 aromatic rings. The molecule has 0 aromatic heterocycles. The first-order chi connectivity index (χ1) is 11.9. The van der Waals surface area contributed by atoms with Crippen molar-refractivity contribution in [3.8, 4) is 5.75 Å². The molecule has 5 nitrogen and oxygen atoms in total. The Hall–Kier alpha value is -3.03. The van der Waals surface area contributed by atoms with Gasteiger partial charge in [-0.25, -0.2) is 0 Å². The van der Waals surface area contributed by atoms with Crippen LogP contribution >= 0.6 is 0 Å². The van der Waals surface area contributed by atoms with Crippen molar-refractivity contribution in [3.05, 3.63) is 60.2 Å². The average Bonchev–Trinajstić information content (AvgIpc) is 2.59. The Morgan fingerprint density at radius 1 is 0.960 bits per heavy atom. The van der Waals surface area contributed by atoms with E-state index in [4.69, 9.17) is 4.74 Å². The zero-order chi connectivity index (χ0) is 18.3. The largest absolute Gasteiger partial charge is 0.484 e. The van der Waals surface area contributed by atoms with Gasteiger partial charge < -0.3 is 15.4 Å². The minimum atomic E-state index is -4.96. The zero-order valence-electron chi connectivity index (χ0n) is 13.0. The molecule has 132 valence electrons. The minimum absolute atomic E-state index is 0.257. The molecule has 0 saturated carbocycles. The third-order valence-electron chi connectivity index (χ3n) is 3.10. The number of amides is 2. The van der Waals surface area contributed by atoms with Gasteiger partial charge in [-0.2, -0.15) is 13.2 Å². The molecule has 2 N–H and O–H groups in total. The van der Waals surface area contributed by atoms with Crippen molar-refractivity contribution >= 4 is 17.5 Å². The maximum Gasteiger partial charge on any atom is 0.471 e. The Labute approximate surface area is 141 Å². The molecule has 0 aliphatic heterocycles. The van der Waals surface area contributed by atoms with Gasteiger partial charge in [0.1, 0.15) is 5.75 Å². The standard InChI is InChI=1S/C17H15F3N2O3/c18-17(19,20)16(24)21-10-12-6-4-5-9-14(12)22-15(23)11-25-13-7-2-1-3-8-13/h1-9H,10-11H2,(H,21,24)(H,22,23). The summed E-state index contributed by atoms with van der Waals surface area (Å²) >= 11 is 0. The predicted molar refractivity (Wildman–Crippen MR) is 84.9 cm³/mol. The van der Waals surface area contributed by atoms with E-state index in [2.05, 4.69) is 5.32 Å². The quantitative estimate of drug-likeness (QED) is 0.840. The van der Waals surface area contributed by atoms with Crippen LogP contribution in [-0.4, -0.2) is 24.6 Å². The Morgan fingerprint density at radius 2 is 1.60 bits per heavy atom. The van der Waals surface area contributed by atoms with Crippen molar-refractivity contribution in [1.82, 2.24) is 5.32 Å². The summed E-state index contributed by atoms with van der Waals surface area (Å²) in [5, 5.41) is 4.31. The average molecular weight is 352 g/mol. The van der Waals surface area contributed by atoms with Gasteiger partial charge in [0.15, 0.2) is 6.61 Å². The van der Waals surface area contributed by atoms with E-state index >= 15 is 0 Å². The molecule has 0 bridgehead atoms. The van der Waals surface area contributed by atoms with Crippen LogP contribution in [0.5, 0.6) is 5.75 Å². The van der Waals surface area contributed by atoms with Crippen molar-refractivity contribution in [1.29, 1.82) is 0 Å². The number of para-hydroxylation sites is 2. The van der Waals surface area contributed by atoms with Gasteiger partial charge in [0.25, 0.3) is 5.91 Å². The van der Waals surface area contributed by atoms with Gasteiger partial charge in [0.2, 0.25) is 0 Å². The molecule has 0 atom stereocenters. The first-order valence-electron chi connectivity index (χ1n) is 7.27. The van der Waals surface area contributed by atoms with E-state index in [-0.39, 0.29) is 13.2 Å². The topological polar surface area (TPSA) is 67.4 Å². The number of nitrogens with one attached hydrogen (secondary N) is 2. The summed E-state index contributed by atoms with van der Waals surface area (Å²) < 4.78 is 42.0. The Balaban J connectivity index is 1.93. The molecule has 25 heavy (non-hydrogen) atoms. The van der Waals surface area contributed by atoms with E-state index in [9.17, 15) is 22.8 Å². The summed E-state index contributed by atoms with van der Waals surface area (Å²) in [6, 6.07) is 14.9. The highest BCUT2D eigenvalue weighted by molar-refractivity contribution is 5.92. The van der Waals surface area contributed by atoms with Gasteiger partial charge in [0, 0.05) is 12.2 Å². The maximum atomic E-state index is 12.2.